The summed E-state index contributed by atoms with van der Waals surface area (Å²) in [6.45, 7) is 4.95. The van der Waals surface area contributed by atoms with Gasteiger partial charge in [0.05, 0.1) is 82.2 Å². The van der Waals surface area contributed by atoms with Gasteiger partial charge in [0.15, 0.2) is 5.95 Å². The van der Waals surface area contributed by atoms with E-state index < -0.39 is 140 Å². The molecule has 1 radical (unpaired) electrons. The third-order valence-corrected chi connectivity index (χ3v) is 17.6. The zero-order valence-electron chi connectivity index (χ0n) is 51.9. The Hall–Kier alpha value is -6.80. The first-order valence-corrected chi connectivity index (χ1v) is 33.8. The van der Waals surface area contributed by atoms with Crippen molar-refractivity contribution < 1.29 is 136 Å². The van der Waals surface area contributed by atoms with Gasteiger partial charge in [0.2, 0.25) is 39.1 Å². The molecule has 0 spiro atoms. The summed E-state index contributed by atoms with van der Waals surface area (Å²) in [5.41, 5.74) is 0.662. The van der Waals surface area contributed by atoms with Crippen LogP contribution in [0, 0.1) is 50.7 Å². The fourth-order valence-electron chi connectivity index (χ4n) is 9.88. The van der Waals surface area contributed by atoms with Crippen LogP contribution >= 0.6 is 21.7 Å². The van der Waals surface area contributed by atoms with E-state index in [1.165, 1.54) is 37.1 Å². The summed E-state index contributed by atoms with van der Waals surface area (Å²) in [5.74, 6) is -10.8. The minimum atomic E-state index is -4.58. The number of hydrogen-bond donors (Lipinski definition) is 18. The van der Waals surface area contributed by atoms with Gasteiger partial charge < -0.3 is 93.9 Å². The molecule has 1 saturated heterocycles. The monoisotopic (exact) mass is 1560 g/mol. The zero-order chi connectivity index (χ0) is 69.7. The van der Waals surface area contributed by atoms with Crippen molar-refractivity contribution in [1.82, 2.24) is 65.4 Å². The fraction of sp³-hybridized carbons (Fsp3) is 0.491. The predicted octanol–water partition coefficient (Wildman–Crippen LogP) is -1.08. The van der Waals surface area contributed by atoms with Crippen LogP contribution in [0.5, 0.6) is 5.75 Å². The molecule has 40 heteroatoms. The molecule has 0 bridgehead atoms. The summed E-state index contributed by atoms with van der Waals surface area (Å²) in [7, 11) is -12.1. The molecule has 537 valence electrons. The van der Waals surface area contributed by atoms with Crippen LogP contribution in [-0.2, 0) is 57.2 Å². The van der Waals surface area contributed by atoms with E-state index in [1.807, 2.05) is 0 Å². The maximum absolute atomic E-state index is 13.7. The number of carbonyl (C=O) groups is 8. The van der Waals surface area contributed by atoms with Crippen molar-refractivity contribution >= 4 is 96.1 Å². The SMILES string of the molecule is C=C(O)CN1CCN(CC(=O)O)CCN(CC(=O)N[C@@H](CS(O)(O)O)C(=O)N[C@@H](CS(O)(O)O)C(=O)NCCNC(=O)CCCOc2cc(C)c(S(=O)(=O)NC(CNC(=O)c3cn(C)c4cc(CNc5ncc[nH]5)ccc4c3=O)C(=O)O)c(C)c2)CCN(CC(=O)O)CC1.[Lu]. The number of sulfonamides is 1. The van der Waals surface area contributed by atoms with Crippen LogP contribution in [0.15, 0.2) is 71.0 Å². The van der Waals surface area contributed by atoms with Gasteiger partial charge in [-0.25, -0.2) is 13.4 Å². The van der Waals surface area contributed by atoms with E-state index >= 15 is 0 Å². The van der Waals surface area contributed by atoms with Crippen LogP contribution in [0.2, 0.25) is 0 Å². The number of rotatable bonds is 34. The number of aliphatic hydroxyl groups excluding tert-OH is 1. The number of carboxylic acids is 3. The maximum atomic E-state index is 13.7. The van der Waals surface area contributed by atoms with Crippen LogP contribution in [0.1, 0.15) is 39.9 Å². The number of aromatic nitrogens is 3. The van der Waals surface area contributed by atoms with Crippen molar-refractivity contribution in [3.8, 4) is 5.75 Å². The second-order valence-corrected chi connectivity index (χ2v) is 26.9. The molecule has 1 aliphatic rings. The van der Waals surface area contributed by atoms with Gasteiger partial charge in [-0.15, -0.1) is 0 Å². The molecule has 5 amide bonds. The topological polar surface area (TPSA) is 530 Å². The number of amides is 5. The number of nitrogens with zero attached hydrogens (tertiary/aromatic N) is 6. The largest absolute Gasteiger partial charge is 0.512 e. The first-order chi connectivity index (χ1) is 44.1. The van der Waals surface area contributed by atoms with Gasteiger partial charge in [0, 0.05) is 153 Å². The molecule has 0 aliphatic carbocycles. The van der Waals surface area contributed by atoms with Crippen LogP contribution < -0.4 is 46.8 Å². The molecular weight excluding hydrogens is 1480 g/mol. The fourth-order valence-corrected chi connectivity index (χ4v) is 12.9. The zero-order valence-corrected chi connectivity index (χ0v) is 56.1. The van der Waals surface area contributed by atoms with Crippen molar-refractivity contribution in [1.29, 1.82) is 0 Å². The van der Waals surface area contributed by atoms with E-state index in [0.717, 1.165) is 5.56 Å². The number of fused-ring (bicyclic) bond motifs is 1. The number of aliphatic carboxylic acids is 3. The van der Waals surface area contributed by atoms with E-state index in [9.17, 15) is 99.3 Å². The van der Waals surface area contributed by atoms with Crippen molar-refractivity contribution in [2.45, 2.75) is 56.3 Å². The molecule has 1 aliphatic heterocycles. The minimum Gasteiger partial charge on any atom is -0.512 e. The standard InChI is InChI=1S/C55H82N14O22S3.Lu/c1-34-22-38(23-35(2)50(34)94(89,90)64-41(54(81)82)26-60-51(78)40-28-65(4)44-24-37(7-8-39(44)49(40)77)25-61-55-58-11-12-59-55)91-21-5-6-45(71)56-9-10-57-52(79)42(32-92(83,84)85)63-53(80)43(33-93(86,87)88)62-46(72)29-67-15-19-68(30-47(73)74)17-13-66(27-36(3)70)14-18-69(20-16-67)31-48(75)76;/h7-8,11-12,22-24,28,41-43,64,70,83-88H,3,5-6,9-10,13-21,25-27,29-33H2,1-2,4H3,(H,56,71)(H,57,79)(H,60,78)(H,62,72)(H,63,80)(H,73,74)(H,75,76)(H,81,82)(H2,58,59,61);/t41?,42-,43-;/m0./s1. The first-order valence-electron chi connectivity index (χ1n) is 29.0. The first kappa shape index (κ1) is 80.6. The van der Waals surface area contributed by atoms with Gasteiger partial charge in [-0.2, -0.15) is 4.72 Å². The van der Waals surface area contributed by atoms with E-state index in [0.29, 0.717) is 18.0 Å². The predicted molar refractivity (Wildman–Crippen MR) is 343 cm³/mol. The third kappa shape index (κ3) is 28.1. The molecule has 2 aromatic heterocycles. The summed E-state index contributed by atoms with van der Waals surface area (Å²) >= 11 is 0. The van der Waals surface area contributed by atoms with E-state index in [-0.39, 0.29) is 167 Å². The quantitative estimate of drug-likeness (QED) is 0.0195. The van der Waals surface area contributed by atoms with Gasteiger partial charge in [0.25, 0.3) is 5.91 Å². The molecule has 5 rings (SSSR count). The van der Waals surface area contributed by atoms with Crippen LogP contribution in [0.3, 0.4) is 0 Å². The summed E-state index contributed by atoms with van der Waals surface area (Å²) < 4.78 is 96.5. The number of carboxylic acid groups (broad SMARTS) is 3. The van der Waals surface area contributed by atoms with Crippen molar-refractivity contribution in [3.63, 3.8) is 0 Å². The molecular formula is C55H82LuN14O22S3. The van der Waals surface area contributed by atoms with E-state index in [4.69, 9.17) is 4.74 Å². The number of carbonyl (C=O) groups excluding carboxylic acids is 5. The Labute approximate surface area is 578 Å². The molecule has 2 aromatic carbocycles. The smallest absolute Gasteiger partial charge is 0.323 e. The molecule has 18 N–H and O–H groups in total. The summed E-state index contributed by atoms with van der Waals surface area (Å²) in [6, 6.07) is 1.85. The number of ether oxygens (including phenoxy) is 1. The molecule has 0 saturated carbocycles. The van der Waals surface area contributed by atoms with Gasteiger partial charge in [-0.05, 0) is 61.2 Å². The van der Waals surface area contributed by atoms with E-state index in [2.05, 4.69) is 53.2 Å². The Bertz CT molecular complexity index is 3470. The van der Waals surface area contributed by atoms with Gasteiger partial charge in [-0.3, -0.25) is 62.8 Å². The summed E-state index contributed by atoms with van der Waals surface area (Å²) in [5, 5.41) is 53.9. The Morgan fingerprint density at radius 1 is 0.695 bits per heavy atom. The number of imidazole rings is 1. The van der Waals surface area contributed by atoms with Crippen molar-refractivity contribution in [2.75, 3.05) is 122 Å². The number of aromatic amines is 1. The summed E-state index contributed by atoms with van der Waals surface area (Å²) in [6.07, 6.45) is 4.50. The molecule has 3 heterocycles. The molecule has 1 fully saturated rings. The van der Waals surface area contributed by atoms with Gasteiger partial charge >= 0.3 is 17.9 Å². The molecule has 3 atom stereocenters. The third-order valence-electron chi connectivity index (χ3n) is 14.3. The molecule has 36 nitrogen and oxygen atoms in total. The number of benzene rings is 2. The number of pyridine rings is 1. The molecule has 4 aromatic rings. The normalized spacial score (nSPS) is 15.5. The average molecular weight is 1560 g/mol. The van der Waals surface area contributed by atoms with Gasteiger partial charge in [-0.1, -0.05) is 12.6 Å². The molecule has 95 heavy (non-hydrogen) atoms. The Balaban J connectivity index is 0.0000192. The average Bonchev–Trinajstić information content (AvgIpc) is 1.01. The Morgan fingerprint density at radius 3 is 1.75 bits per heavy atom. The number of H-pyrrole nitrogens is 1. The Morgan fingerprint density at radius 2 is 1.23 bits per heavy atom. The van der Waals surface area contributed by atoms with Crippen LogP contribution in [0.25, 0.3) is 10.9 Å². The second kappa shape index (κ2) is 37.6. The maximum Gasteiger partial charge on any atom is 0.323 e. The van der Waals surface area contributed by atoms with Crippen molar-refractivity contribution in [2.24, 2.45) is 7.05 Å². The number of aliphatic hydroxyl groups is 1. The number of aryl methyl sites for hydroxylation is 3. The second-order valence-electron chi connectivity index (χ2n) is 22.1. The number of anilines is 1. The number of hydrogen-bond acceptors (Lipinski definition) is 25. The van der Waals surface area contributed by atoms with E-state index in [1.54, 1.807) is 56.9 Å². The van der Waals surface area contributed by atoms with Crippen molar-refractivity contribution in [3.05, 3.63) is 93.7 Å². The summed E-state index contributed by atoms with van der Waals surface area (Å²) in [4.78, 5) is 129. The van der Waals surface area contributed by atoms with Gasteiger partial charge in [0.1, 0.15) is 29.4 Å². The van der Waals surface area contributed by atoms with Crippen LogP contribution in [-0.4, -0.2) is 272 Å². The van der Waals surface area contributed by atoms with Crippen LogP contribution in [0.4, 0.5) is 5.95 Å². The molecule has 1 unspecified atom stereocenters. The number of nitrogens with one attached hydrogen (secondary N) is 8. The Kier molecular flexibility index (Phi) is 32.0. The minimum absolute atomic E-state index is 0.